The minimum atomic E-state index is 0. The number of hydrogen-bond donors (Lipinski definition) is 2. The number of benzene rings is 1. The quantitative estimate of drug-likeness (QED) is 0.492. The zero-order valence-electron chi connectivity index (χ0n) is 5.74. The van der Waals surface area contributed by atoms with Crippen LogP contribution in [0, 0.1) is 11.3 Å². The van der Waals surface area contributed by atoms with Crippen molar-refractivity contribution in [3.63, 3.8) is 0 Å². The summed E-state index contributed by atoms with van der Waals surface area (Å²) in [4.78, 5) is 0. The molecule has 0 atom stereocenters. The van der Waals surface area contributed by atoms with Crippen molar-refractivity contribution >= 4 is 18.1 Å². The highest BCUT2D eigenvalue weighted by Gasteiger charge is 1.89. The third kappa shape index (κ3) is 2.46. The molecule has 0 aromatic heterocycles. The number of nitrogens with zero attached hydrogens (tertiary/aromatic N) is 1. The third-order valence-corrected chi connectivity index (χ3v) is 1.16. The van der Waals surface area contributed by atoms with Gasteiger partial charge in [-0.15, -0.1) is 12.4 Å². The molecule has 1 rings (SSSR count). The Kier molecular flexibility index (Phi) is 4.04. The van der Waals surface area contributed by atoms with Gasteiger partial charge in [0.1, 0.15) is 0 Å². The van der Waals surface area contributed by atoms with E-state index < -0.39 is 0 Å². The van der Waals surface area contributed by atoms with Crippen LogP contribution in [0.1, 0.15) is 5.56 Å². The summed E-state index contributed by atoms with van der Waals surface area (Å²) in [6.45, 7) is 0. The number of anilines is 1. The number of nitrogens with two attached hydrogens (primary N) is 1. The molecule has 1 aromatic carbocycles. The van der Waals surface area contributed by atoms with E-state index in [1.54, 1.807) is 24.3 Å². The van der Waals surface area contributed by atoms with Gasteiger partial charge >= 0.3 is 0 Å². The second kappa shape index (κ2) is 4.56. The van der Waals surface area contributed by atoms with Gasteiger partial charge in [0, 0.05) is 5.69 Å². The number of rotatable bonds is 1. The lowest BCUT2D eigenvalue weighted by Gasteiger charge is -1.96. The molecular weight excluding hydrogens is 162 g/mol. The summed E-state index contributed by atoms with van der Waals surface area (Å²) in [7, 11) is 0. The Morgan fingerprint density at radius 1 is 1.45 bits per heavy atom. The molecule has 0 amide bonds. The molecule has 0 aliphatic heterocycles. The molecule has 0 unspecified atom stereocenters. The van der Waals surface area contributed by atoms with Crippen molar-refractivity contribution in [3.05, 3.63) is 29.8 Å². The second-order valence-corrected chi connectivity index (χ2v) is 1.84. The lowest BCUT2D eigenvalue weighted by atomic mass is 10.2. The monoisotopic (exact) mass is 169 g/mol. The van der Waals surface area contributed by atoms with Crippen molar-refractivity contribution in [2.24, 2.45) is 5.84 Å². The molecule has 0 radical (unpaired) electrons. The molecular formula is C7H8ClN3. The van der Waals surface area contributed by atoms with Gasteiger partial charge in [-0.3, -0.25) is 5.84 Å². The molecule has 0 spiro atoms. The first kappa shape index (κ1) is 9.76. The van der Waals surface area contributed by atoms with Crippen LogP contribution in [0.3, 0.4) is 0 Å². The van der Waals surface area contributed by atoms with E-state index in [0.29, 0.717) is 5.56 Å². The minimum absolute atomic E-state index is 0. The largest absolute Gasteiger partial charge is 0.324 e. The van der Waals surface area contributed by atoms with Crippen LogP contribution in [0.15, 0.2) is 24.3 Å². The van der Waals surface area contributed by atoms with E-state index >= 15 is 0 Å². The number of hydrogen-bond acceptors (Lipinski definition) is 3. The molecule has 0 saturated carbocycles. The number of nitrogens with one attached hydrogen (secondary N) is 1. The van der Waals surface area contributed by atoms with Gasteiger partial charge in [0.05, 0.1) is 11.6 Å². The molecule has 0 bridgehead atoms. The Morgan fingerprint density at radius 2 is 2.18 bits per heavy atom. The lowest BCUT2D eigenvalue weighted by Crippen LogP contribution is -2.06. The van der Waals surface area contributed by atoms with E-state index in [4.69, 9.17) is 11.1 Å². The summed E-state index contributed by atoms with van der Waals surface area (Å²) >= 11 is 0. The number of hydrazine groups is 1. The summed E-state index contributed by atoms with van der Waals surface area (Å²) in [5.41, 5.74) is 3.81. The minimum Gasteiger partial charge on any atom is -0.324 e. The van der Waals surface area contributed by atoms with Crippen LogP contribution >= 0.6 is 12.4 Å². The summed E-state index contributed by atoms with van der Waals surface area (Å²) in [5.74, 6) is 5.11. The maximum Gasteiger partial charge on any atom is 0.0992 e. The fourth-order valence-corrected chi connectivity index (χ4v) is 0.679. The zero-order chi connectivity index (χ0) is 7.40. The molecule has 4 heteroatoms. The van der Waals surface area contributed by atoms with Gasteiger partial charge in [-0.1, -0.05) is 6.07 Å². The van der Waals surface area contributed by atoms with Gasteiger partial charge in [0.25, 0.3) is 0 Å². The highest BCUT2D eigenvalue weighted by molar-refractivity contribution is 5.85. The number of halogens is 1. The third-order valence-electron chi connectivity index (χ3n) is 1.16. The van der Waals surface area contributed by atoms with Crippen molar-refractivity contribution < 1.29 is 0 Å². The summed E-state index contributed by atoms with van der Waals surface area (Å²) in [5, 5.41) is 8.44. The van der Waals surface area contributed by atoms with Crippen molar-refractivity contribution in [1.29, 1.82) is 5.26 Å². The van der Waals surface area contributed by atoms with E-state index in [-0.39, 0.29) is 12.4 Å². The first-order valence-corrected chi connectivity index (χ1v) is 2.83. The van der Waals surface area contributed by atoms with Crippen LogP contribution < -0.4 is 11.3 Å². The van der Waals surface area contributed by atoms with Crippen LogP contribution in [-0.2, 0) is 0 Å². The average Bonchev–Trinajstić information content (AvgIpc) is 2.05. The molecule has 58 valence electrons. The lowest BCUT2D eigenvalue weighted by molar-refractivity contribution is 1.34. The molecule has 0 saturated heterocycles. The zero-order valence-corrected chi connectivity index (χ0v) is 6.56. The maximum atomic E-state index is 8.44. The maximum absolute atomic E-state index is 8.44. The van der Waals surface area contributed by atoms with Crippen LogP contribution in [-0.4, -0.2) is 0 Å². The van der Waals surface area contributed by atoms with Crippen LogP contribution in [0.25, 0.3) is 0 Å². The summed E-state index contributed by atoms with van der Waals surface area (Å²) < 4.78 is 0. The van der Waals surface area contributed by atoms with Crippen LogP contribution in [0.2, 0.25) is 0 Å². The molecule has 11 heavy (non-hydrogen) atoms. The SMILES string of the molecule is Cl.N#Cc1cccc(NN)c1. The Morgan fingerprint density at radius 3 is 2.73 bits per heavy atom. The predicted octanol–water partition coefficient (Wildman–Crippen LogP) is 1.27. The molecule has 1 aromatic rings. The van der Waals surface area contributed by atoms with E-state index in [1.807, 2.05) is 6.07 Å². The average molecular weight is 170 g/mol. The molecule has 3 nitrogen and oxygen atoms in total. The first-order valence-electron chi connectivity index (χ1n) is 2.83. The van der Waals surface area contributed by atoms with Gasteiger partial charge < -0.3 is 5.43 Å². The first-order chi connectivity index (χ1) is 4.86. The predicted molar refractivity (Wildman–Crippen MR) is 46.2 cm³/mol. The normalized spacial score (nSPS) is 7.64. The topological polar surface area (TPSA) is 61.8 Å². The van der Waals surface area contributed by atoms with Gasteiger partial charge in [-0.25, -0.2) is 0 Å². The highest BCUT2D eigenvalue weighted by Crippen LogP contribution is 2.06. The highest BCUT2D eigenvalue weighted by atomic mass is 35.5. The fraction of sp³-hybridized carbons (Fsp3) is 0. The van der Waals surface area contributed by atoms with Crippen molar-refractivity contribution in [2.75, 3.05) is 5.43 Å². The van der Waals surface area contributed by atoms with Gasteiger partial charge in [0.2, 0.25) is 0 Å². The van der Waals surface area contributed by atoms with E-state index in [2.05, 4.69) is 5.43 Å². The van der Waals surface area contributed by atoms with Crippen molar-refractivity contribution in [2.45, 2.75) is 0 Å². The Hall–Kier alpha value is -1.24. The van der Waals surface area contributed by atoms with Crippen LogP contribution in [0.4, 0.5) is 5.69 Å². The fourth-order valence-electron chi connectivity index (χ4n) is 0.679. The molecule has 0 fully saturated rings. The summed E-state index contributed by atoms with van der Waals surface area (Å²) in [6, 6.07) is 8.97. The molecule has 0 heterocycles. The summed E-state index contributed by atoms with van der Waals surface area (Å²) in [6.07, 6.45) is 0. The Labute approximate surface area is 71.2 Å². The van der Waals surface area contributed by atoms with Gasteiger partial charge in [0.15, 0.2) is 0 Å². The number of nitriles is 1. The van der Waals surface area contributed by atoms with Crippen molar-refractivity contribution in [1.82, 2.24) is 0 Å². The molecule has 0 aliphatic rings. The number of nitrogen functional groups attached to an aromatic ring is 1. The Bertz CT molecular complexity index is 267. The van der Waals surface area contributed by atoms with Gasteiger partial charge in [-0.05, 0) is 18.2 Å². The van der Waals surface area contributed by atoms with E-state index in [0.717, 1.165) is 5.69 Å². The smallest absolute Gasteiger partial charge is 0.0992 e. The van der Waals surface area contributed by atoms with Crippen molar-refractivity contribution in [3.8, 4) is 6.07 Å². The van der Waals surface area contributed by atoms with E-state index in [1.165, 1.54) is 0 Å². The molecule has 3 N–H and O–H groups in total. The second-order valence-electron chi connectivity index (χ2n) is 1.84. The molecule has 0 aliphatic carbocycles. The Balaban J connectivity index is 0.000001000. The van der Waals surface area contributed by atoms with Crippen LogP contribution in [0.5, 0.6) is 0 Å². The standard InChI is InChI=1S/C7H7N3.ClH/c8-5-6-2-1-3-7(4-6)10-9;/h1-4,10H,9H2;1H. The van der Waals surface area contributed by atoms with Gasteiger partial charge in [-0.2, -0.15) is 5.26 Å². The van der Waals surface area contributed by atoms with E-state index in [9.17, 15) is 0 Å².